The lowest BCUT2D eigenvalue weighted by Gasteiger charge is -2.24. The smallest absolute Gasteiger partial charge is 0.248 e. The van der Waals surface area contributed by atoms with Crippen LogP contribution in [0, 0.1) is 5.92 Å². The molecule has 0 aromatic heterocycles. The summed E-state index contributed by atoms with van der Waals surface area (Å²) in [5.74, 6) is 1.51. The molecule has 0 radical (unpaired) electrons. The first-order valence-corrected chi connectivity index (χ1v) is 6.87. The van der Waals surface area contributed by atoms with Crippen molar-refractivity contribution in [3.63, 3.8) is 0 Å². The topological polar surface area (TPSA) is 51.1 Å². The molecule has 1 aliphatic heterocycles. The van der Waals surface area contributed by atoms with E-state index in [9.17, 15) is 4.79 Å². The molecule has 1 aliphatic rings. The van der Waals surface area contributed by atoms with E-state index < -0.39 is 0 Å². The van der Waals surface area contributed by atoms with Gasteiger partial charge >= 0.3 is 0 Å². The van der Waals surface area contributed by atoms with E-state index in [1.165, 1.54) is 5.01 Å². The number of hydrogen-bond acceptors (Lipinski definition) is 4. The van der Waals surface area contributed by atoms with Gasteiger partial charge in [0.25, 0.3) is 0 Å². The third-order valence-corrected chi connectivity index (χ3v) is 3.28. The molecule has 20 heavy (non-hydrogen) atoms. The van der Waals surface area contributed by atoms with Crippen LogP contribution in [0.4, 0.5) is 5.69 Å². The monoisotopic (exact) mass is 276 g/mol. The van der Waals surface area contributed by atoms with Crippen LogP contribution in [0.2, 0.25) is 0 Å². The zero-order chi connectivity index (χ0) is 14.5. The van der Waals surface area contributed by atoms with Crippen molar-refractivity contribution in [2.45, 2.75) is 26.7 Å². The van der Waals surface area contributed by atoms with E-state index in [0.717, 1.165) is 6.42 Å². The van der Waals surface area contributed by atoms with Gasteiger partial charge in [-0.1, -0.05) is 6.92 Å². The van der Waals surface area contributed by atoms with Crippen LogP contribution in [0.3, 0.4) is 0 Å². The second kappa shape index (κ2) is 6.41. The molecule has 5 nitrogen and oxygen atoms in total. The zero-order valence-corrected chi connectivity index (χ0v) is 12.1. The SMILES string of the molecule is CCOc1ccc(N2N=CC(CC)CC2=O)cc1OC. The third kappa shape index (κ3) is 2.92. The average molecular weight is 276 g/mol. The number of hydrazone groups is 1. The van der Waals surface area contributed by atoms with Crippen molar-refractivity contribution in [2.75, 3.05) is 18.7 Å². The first-order valence-electron chi connectivity index (χ1n) is 6.87. The van der Waals surface area contributed by atoms with E-state index in [0.29, 0.717) is 30.2 Å². The van der Waals surface area contributed by atoms with Crippen molar-refractivity contribution in [3.05, 3.63) is 18.2 Å². The first kappa shape index (κ1) is 14.4. The Morgan fingerprint density at radius 2 is 2.15 bits per heavy atom. The molecule has 0 bridgehead atoms. The van der Waals surface area contributed by atoms with Crippen molar-refractivity contribution in [1.82, 2.24) is 0 Å². The molecule has 1 aromatic rings. The lowest BCUT2D eigenvalue weighted by Crippen LogP contribution is -2.32. The molecule has 2 rings (SSSR count). The Labute approximate surface area is 119 Å². The Balaban J connectivity index is 2.27. The van der Waals surface area contributed by atoms with Crippen LogP contribution in [0.5, 0.6) is 11.5 Å². The molecular weight excluding hydrogens is 256 g/mol. The summed E-state index contributed by atoms with van der Waals surface area (Å²) in [6.45, 7) is 4.53. The largest absolute Gasteiger partial charge is 0.493 e. The molecule has 1 amide bonds. The summed E-state index contributed by atoms with van der Waals surface area (Å²) in [4.78, 5) is 12.1. The van der Waals surface area contributed by atoms with E-state index in [1.807, 2.05) is 19.2 Å². The number of hydrogen-bond donors (Lipinski definition) is 0. The average Bonchev–Trinajstić information content (AvgIpc) is 2.48. The van der Waals surface area contributed by atoms with Gasteiger partial charge in [0.05, 0.1) is 19.4 Å². The fourth-order valence-electron chi connectivity index (χ4n) is 2.11. The standard InChI is InChI=1S/C15H20N2O3/c1-4-11-8-15(18)17(16-10-11)12-6-7-13(20-5-2)14(9-12)19-3/h6-7,9-11H,4-5,8H2,1-3H3. The summed E-state index contributed by atoms with van der Waals surface area (Å²) < 4.78 is 10.8. The lowest BCUT2D eigenvalue weighted by molar-refractivity contribution is -0.119. The second-order valence-electron chi connectivity index (χ2n) is 4.61. The maximum absolute atomic E-state index is 12.1. The number of carbonyl (C=O) groups excluding carboxylic acids is 1. The number of anilines is 1. The fourth-order valence-corrected chi connectivity index (χ4v) is 2.11. The van der Waals surface area contributed by atoms with Crippen LogP contribution in [0.15, 0.2) is 23.3 Å². The van der Waals surface area contributed by atoms with Crippen LogP contribution in [0.1, 0.15) is 26.7 Å². The summed E-state index contributed by atoms with van der Waals surface area (Å²) in [5.41, 5.74) is 0.695. The molecule has 0 saturated heterocycles. The van der Waals surface area contributed by atoms with Gasteiger partial charge in [-0.2, -0.15) is 5.10 Å². The van der Waals surface area contributed by atoms with Gasteiger partial charge in [-0.15, -0.1) is 0 Å². The van der Waals surface area contributed by atoms with E-state index >= 15 is 0 Å². The van der Waals surface area contributed by atoms with Gasteiger partial charge in [0.1, 0.15) is 0 Å². The summed E-state index contributed by atoms with van der Waals surface area (Å²) in [6, 6.07) is 5.38. The minimum absolute atomic E-state index is 0.00515. The molecule has 5 heteroatoms. The van der Waals surface area contributed by atoms with Gasteiger partial charge in [-0.05, 0) is 25.5 Å². The summed E-state index contributed by atoms with van der Waals surface area (Å²) in [5, 5.41) is 5.67. The molecule has 0 saturated carbocycles. The van der Waals surface area contributed by atoms with Crippen LogP contribution in [-0.2, 0) is 4.79 Å². The Bertz CT molecular complexity index is 514. The molecule has 1 aromatic carbocycles. The van der Waals surface area contributed by atoms with E-state index in [-0.39, 0.29) is 11.8 Å². The summed E-state index contributed by atoms with van der Waals surface area (Å²) in [6.07, 6.45) is 3.26. The number of nitrogens with zero attached hydrogens (tertiary/aromatic N) is 2. The summed E-state index contributed by atoms with van der Waals surface area (Å²) >= 11 is 0. The molecule has 1 heterocycles. The van der Waals surface area contributed by atoms with Gasteiger partial charge in [-0.25, -0.2) is 5.01 Å². The summed E-state index contributed by atoms with van der Waals surface area (Å²) in [7, 11) is 1.58. The van der Waals surface area contributed by atoms with Crippen LogP contribution in [-0.4, -0.2) is 25.8 Å². The van der Waals surface area contributed by atoms with Crippen LogP contribution in [0.25, 0.3) is 0 Å². The quantitative estimate of drug-likeness (QED) is 0.831. The van der Waals surface area contributed by atoms with Crippen molar-refractivity contribution in [3.8, 4) is 11.5 Å². The highest BCUT2D eigenvalue weighted by molar-refractivity contribution is 5.97. The Kier molecular flexibility index (Phi) is 4.61. The van der Waals surface area contributed by atoms with Gasteiger partial charge < -0.3 is 9.47 Å². The van der Waals surface area contributed by atoms with Crippen LogP contribution >= 0.6 is 0 Å². The van der Waals surface area contributed by atoms with Gasteiger partial charge in [0.2, 0.25) is 5.91 Å². The van der Waals surface area contributed by atoms with Crippen molar-refractivity contribution in [2.24, 2.45) is 11.0 Å². The predicted octanol–water partition coefficient (Wildman–Crippen LogP) is 2.84. The number of amides is 1. The molecule has 1 unspecified atom stereocenters. The third-order valence-electron chi connectivity index (χ3n) is 3.28. The molecular formula is C15H20N2O3. The van der Waals surface area contributed by atoms with Crippen molar-refractivity contribution >= 4 is 17.8 Å². The number of ether oxygens (including phenoxy) is 2. The van der Waals surface area contributed by atoms with Crippen molar-refractivity contribution < 1.29 is 14.3 Å². The second-order valence-corrected chi connectivity index (χ2v) is 4.61. The molecule has 0 aliphatic carbocycles. The number of benzene rings is 1. The number of rotatable bonds is 5. The number of methoxy groups -OCH3 is 1. The molecule has 1 atom stereocenters. The van der Waals surface area contributed by atoms with E-state index in [2.05, 4.69) is 12.0 Å². The predicted molar refractivity (Wildman–Crippen MR) is 78.5 cm³/mol. The molecule has 0 N–H and O–H groups in total. The minimum Gasteiger partial charge on any atom is -0.493 e. The molecule has 0 fully saturated rings. The molecule has 108 valence electrons. The van der Waals surface area contributed by atoms with Crippen molar-refractivity contribution in [1.29, 1.82) is 0 Å². The Morgan fingerprint density at radius 3 is 2.75 bits per heavy atom. The normalized spacial score (nSPS) is 18.2. The Morgan fingerprint density at radius 1 is 1.35 bits per heavy atom. The highest BCUT2D eigenvalue weighted by Gasteiger charge is 2.23. The number of carbonyl (C=O) groups is 1. The maximum Gasteiger partial charge on any atom is 0.248 e. The highest BCUT2D eigenvalue weighted by Crippen LogP contribution is 2.33. The minimum atomic E-state index is 0.00515. The van der Waals surface area contributed by atoms with E-state index in [1.54, 1.807) is 19.2 Å². The Hall–Kier alpha value is -2.04. The van der Waals surface area contributed by atoms with Crippen LogP contribution < -0.4 is 14.5 Å². The first-order chi connectivity index (χ1) is 9.69. The highest BCUT2D eigenvalue weighted by atomic mass is 16.5. The van der Waals surface area contributed by atoms with Gasteiger partial charge in [0, 0.05) is 24.6 Å². The lowest BCUT2D eigenvalue weighted by atomic mass is 10.0. The van der Waals surface area contributed by atoms with Gasteiger partial charge in [-0.3, -0.25) is 4.79 Å². The zero-order valence-electron chi connectivity index (χ0n) is 12.1. The maximum atomic E-state index is 12.1. The van der Waals surface area contributed by atoms with E-state index in [4.69, 9.17) is 9.47 Å². The fraction of sp³-hybridized carbons (Fsp3) is 0.467. The van der Waals surface area contributed by atoms with Gasteiger partial charge in [0.15, 0.2) is 11.5 Å². The molecule has 0 spiro atoms.